The molecule has 2 unspecified atom stereocenters. The molecule has 5 fully saturated rings. The van der Waals surface area contributed by atoms with Gasteiger partial charge in [-0.15, -0.1) is 0 Å². The molecule has 0 aromatic rings. The zero-order valence-electron chi connectivity index (χ0n) is 20.0. The first-order valence-corrected chi connectivity index (χ1v) is 12.1. The van der Waals surface area contributed by atoms with Gasteiger partial charge < -0.3 is 23.7 Å². The Labute approximate surface area is 194 Å². The summed E-state index contributed by atoms with van der Waals surface area (Å²) in [6.45, 7) is 11.7. The fourth-order valence-corrected chi connectivity index (χ4v) is 6.68. The van der Waals surface area contributed by atoms with Crippen LogP contribution in [0.3, 0.4) is 0 Å². The Morgan fingerprint density at radius 2 is 1.42 bits per heavy atom. The molecule has 6 rings (SSSR count). The van der Waals surface area contributed by atoms with Gasteiger partial charge in [-0.2, -0.15) is 0 Å². The minimum atomic E-state index is -0.822. The molecule has 2 bridgehead atoms. The van der Waals surface area contributed by atoms with Crippen LogP contribution in [0.25, 0.3) is 0 Å². The largest absolute Gasteiger partial charge is 0.342 e. The zero-order valence-corrected chi connectivity index (χ0v) is 20.0. The molecule has 4 saturated heterocycles. The van der Waals surface area contributed by atoms with Crippen LogP contribution in [0.5, 0.6) is 0 Å². The van der Waals surface area contributed by atoms with Crippen molar-refractivity contribution in [3.63, 3.8) is 0 Å². The first-order valence-electron chi connectivity index (χ1n) is 12.1. The molecule has 9 atom stereocenters. The Kier molecular flexibility index (Phi) is 4.64. The Balaban J connectivity index is 1.25. The van der Waals surface area contributed by atoms with Crippen molar-refractivity contribution in [2.45, 2.75) is 83.8 Å². The molecule has 2 amide bonds. The van der Waals surface area contributed by atoms with Crippen LogP contribution in [-0.4, -0.2) is 65.5 Å². The first-order chi connectivity index (χ1) is 15.5. The van der Waals surface area contributed by atoms with Crippen molar-refractivity contribution in [3.8, 4) is 0 Å². The lowest BCUT2D eigenvalue weighted by Gasteiger charge is -2.38. The van der Waals surface area contributed by atoms with Gasteiger partial charge in [-0.25, -0.2) is 0 Å². The molecule has 0 aromatic heterocycles. The molecule has 0 spiro atoms. The second-order valence-electron chi connectivity index (χ2n) is 11.4. The quantitative estimate of drug-likeness (QED) is 0.473. The highest BCUT2D eigenvalue weighted by atomic mass is 16.9. The number of allylic oxidation sites excluding steroid dienone is 4. The van der Waals surface area contributed by atoms with E-state index in [9.17, 15) is 9.59 Å². The summed E-state index contributed by atoms with van der Waals surface area (Å²) in [5.41, 5.74) is 1.23. The molecule has 6 aliphatic rings. The summed E-state index contributed by atoms with van der Waals surface area (Å²) >= 11 is 0. The van der Waals surface area contributed by atoms with Crippen LogP contribution in [0.2, 0.25) is 0 Å². The number of fused-ring (bicyclic) bond motifs is 8. The summed E-state index contributed by atoms with van der Waals surface area (Å²) in [5, 5.41) is 0. The highest BCUT2D eigenvalue weighted by Crippen LogP contribution is 2.56. The van der Waals surface area contributed by atoms with Gasteiger partial charge in [-0.3, -0.25) is 14.5 Å². The van der Waals surface area contributed by atoms with Gasteiger partial charge in [0.2, 0.25) is 11.8 Å². The van der Waals surface area contributed by atoms with Crippen LogP contribution >= 0.6 is 0 Å². The van der Waals surface area contributed by atoms with E-state index in [1.165, 1.54) is 10.5 Å². The fourth-order valence-electron chi connectivity index (χ4n) is 6.68. The van der Waals surface area contributed by atoms with Gasteiger partial charge in [-0.05, 0) is 33.6 Å². The molecule has 8 nitrogen and oxygen atoms in total. The van der Waals surface area contributed by atoms with Crippen molar-refractivity contribution in [3.05, 3.63) is 23.8 Å². The number of hydrogen-bond donors (Lipinski definition) is 0. The van der Waals surface area contributed by atoms with E-state index in [1.54, 1.807) is 0 Å². The number of likely N-dealkylation sites (tertiary alicyclic amines) is 1. The second-order valence-corrected chi connectivity index (χ2v) is 11.4. The number of carbonyl (C=O) groups is 2. The summed E-state index contributed by atoms with van der Waals surface area (Å²) in [6.07, 6.45) is 3.92. The molecule has 0 radical (unpaired) electrons. The van der Waals surface area contributed by atoms with Crippen molar-refractivity contribution in [2.24, 2.45) is 29.6 Å². The van der Waals surface area contributed by atoms with E-state index < -0.39 is 42.3 Å². The maximum atomic E-state index is 13.5. The number of ether oxygens (including phenoxy) is 5. The predicted molar refractivity (Wildman–Crippen MR) is 115 cm³/mol. The van der Waals surface area contributed by atoms with Gasteiger partial charge in [0.25, 0.3) is 0 Å². The van der Waals surface area contributed by atoms with E-state index in [0.717, 1.165) is 0 Å². The molecule has 0 N–H and O–H groups in total. The molecule has 4 heterocycles. The van der Waals surface area contributed by atoms with E-state index in [0.29, 0.717) is 5.92 Å². The second kappa shape index (κ2) is 6.98. The van der Waals surface area contributed by atoms with Crippen LogP contribution in [0.1, 0.15) is 41.5 Å². The Morgan fingerprint density at radius 1 is 0.879 bits per heavy atom. The Hall–Kier alpha value is -1.58. The predicted octanol–water partition coefficient (Wildman–Crippen LogP) is 2.38. The number of amides is 2. The molecule has 33 heavy (non-hydrogen) atoms. The average molecular weight is 460 g/mol. The molecule has 4 aliphatic heterocycles. The molecule has 1 saturated carbocycles. The van der Waals surface area contributed by atoms with Crippen molar-refractivity contribution in [1.82, 2.24) is 4.90 Å². The minimum absolute atomic E-state index is 0.0191. The van der Waals surface area contributed by atoms with Crippen LogP contribution in [-0.2, 0) is 33.3 Å². The van der Waals surface area contributed by atoms with Crippen molar-refractivity contribution >= 4 is 11.8 Å². The van der Waals surface area contributed by atoms with Gasteiger partial charge in [0.1, 0.15) is 24.4 Å². The third kappa shape index (κ3) is 3.22. The van der Waals surface area contributed by atoms with Gasteiger partial charge in [0, 0.05) is 11.8 Å². The summed E-state index contributed by atoms with van der Waals surface area (Å²) in [6, 6.07) is 0. The summed E-state index contributed by atoms with van der Waals surface area (Å²) < 4.78 is 30.6. The lowest BCUT2D eigenvalue weighted by molar-refractivity contribution is -0.236. The highest BCUT2D eigenvalue weighted by molar-refractivity contribution is 6.07. The number of hydrogen-bond acceptors (Lipinski definition) is 7. The minimum Gasteiger partial charge on any atom is -0.342 e. The van der Waals surface area contributed by atoms with Gasteiger partial charge in [0.05, 0.1) is 18.4 Å². The molecule has 8 heteroatoms. The molecule has 2 aliphatic carbocycles. The normalized spacial score (nSPS) is 47.7. The van der Waals surface area contributed by atoms with Gasteiger partial charge in [-0.1, -0.05) is 37.6 Å². The number of imide groups is 1. The van der Waals surface area contributed by atoms with Crippen LogP contribution in [0, 0.1) is 29.6 Å². The first kappa shape index (κ1) is 21.9. The smallest absolute Gasteiger partial charge is 0.234 e. The lowest BCUT2D eigenvalue weighted by atomic mass is 9.85. The number of carbonyl (C=O) groups excluding carboxylic acids is 2. The highest BCUT2D eigenvalue weighted by Gasteiger charge is 2.64. The average Bonchev–Trinajstić information content (AvgIpc) is 3.45. The third-order valence-corrected chi connectivity index (χ3v) is 7.70. The maximum absolute atomic E-state index is 13.5. The van der Waals surface area contributed by atoms with E-state index in [4.69, 9.17) is 23.7 Å². The van der Waals surface area contributed by atoms with Crippen LogP contribution < -0.4 is 0 Å². The van der Waals surface area contributed by atoms with E-state index in [1.807, 2.05) is 27.7 Å². The van der Waals surface area contributed by atoms with E-state index in [2.05, 4.69) is 32.1 Å². The number of nitrogens with zero attached hydrogens (tertiary/aromatic N) is 1. The van der Waals surface area contributed by atoms with Crippen molar-refractivity contribution in [2.75, 3.05) is 6.54 Å². The summed E-state index contributed by atoms with van der Waals surface area (Å²) in [7, 11) is 0. The molecular formula is C25H33NO7. The Morgan fingerprint density at radius 3 is 2.03 bits per heavy atom. The zero-order chi connectivity index (χ0) is 23.4. The van der Waals surface area contributed by atoms with Crippen molar-refractivity contribution in [1.29, 1.82) is 0 Å². The van der Waals surface area contributed by atoms with Crippen LogP contribution in [0.15, 0.2) is 23.8 Å². The lowest BCUT2D eigenvalue weighted by Crippen LogP contribution is -2.58. The van der Waals surface area contributed by atoms with E-state index >= 15 is 0 Å². The number of rotatable bonds is 3. The summed E-state index contributed by atoms with van der Waals surface area (Å²) in [5.74, 6) is -2.06. The van der Waals surface area contributed by atoms with Gasteiger partial charge >= 0.3 is 0 Å². The molecule has 180 valence electrons. The topological polar surface area (TPSA) is 83.5 Å². The van der Waals surface area contributed by atoms with E-state index in [-0.39, 0.29) is 42.0 Å². The SMILES string of the molecule is CC(C)/C=C1\C2C=CC1[C@@H]1C(=O)N(C[C@H]3O[C@@H]4OC(C)(C)O[C@@H]4[C@H]4OC(C)(C)O[C@H]43)C(=O)[C@H]21. The molecule has 0 aromatic carbocycles. The molecular weight excluding hydrogens is 426 g/mol. The van der Waals surface area contributed by atoms with Gasteiger partial charge in [0.15, 0.2) is 17.9 Å². The fraction of sp³-hybridized carbons (Fsp3) is 0.760. The summed E-state index contributed by atoms with van der Waals surface area (Å²) in [4.78, 5) is 28.4. The maximum Gasteiger partial charge on any atom is 0.234 e. The third-order valence-electron chi connectivity index (χ3n) is 7.70. The monoisotopic (exact) mass is 459 g/mol. The Bertz CT molecular complexity index is 918. The van der Waals surface area contributed by atoms with Crippen molar-refractivity contribution < 1.29 is 33.3 Å². The standard InChI is InChI=1S/C25H33NO7/c1-11(2)9-14-12-7-8-13(14)17-16(12)21(27)26(22(17)28)10-15-18-19(31-24(3,4)30-18)20-23(29-15)33-25(5,6)32-20/h7-9,11-13,15-20,23H,10H2,1-6H3/b14-9-/t12?,13?,15-,16+,17-,18+,19+,20-,23-/m1/s1. The van der Waals surface area contributed by atoms with Crippen LogP contribution in [0.4, 0.5) is 0 Å².